The number of aryl methyl sites for hydroxylation is 2. The summed E-state index contributed by atoms with van der Waals surface area (Å²) in [4.78, 5) is 4.72. The first kappa shape index (κ1) is 14.3. The van der Waals surface area contributed by atoms with Gasteiger partial charge < -0.3 is 15.7 Å². The van der Waals surface area contributed by atoms with Gasteiger partial charge in [-0.25, -0.2) is 0 Å². The molecule has 0 bridgehead atoms. The van der Waals surface area contributed by atoms with Crippen molar-refractivity contribution >= 4 is 5.69 Å². The average molecular weight is 263 g/mol. The molecule has 106 valence electrons. The summed E-state index contributed by atoms with van der Waals surface area (Å²) in [6.07, 6.45) is -0.396. The smallest absolute Gasteiger partial charge is 0.0789 e. The fraction of sp³-hybridized carbons (Fsp3) is 0.600. The molecule has 1 aliphatic rings. The van der Waals surface area contributed by atoms with Crippen LogP contribution in [-0.2, 0) is 0 Å². The number of aliphatic hydroxyl groups is 1. The van der Waals surface area contributed by atoms with Crippen LogP contribution in [0.3, 0.4) is 0 Å². The second kappa shape index (κ2) is 6.37. The molecule has 4 nitrogen and oxygen atoms in total. The number of anilines is 1. The Morgan fingerprint density at radius 3 is 2.47 bits per heavy atom. The van der Waals surface area contributed by atoms with Crippen molar-refractivity contribution in [3.63, 3.8) is 0 Å². The van der Waals surface area contributed by atoms with E-state index in [2.05, 4.69) is 41.8 Å². The fourth-order valence-electron chi connectivity index (χ4n) is 2.70. The van der Waals surface area contributed by atoms with Gasteiger partial charge in [0.05, 0.1) is 6.10 Å². The third-order valence-electron chi connectivity index (χ3n) is 3.81. The van der Waals surface area contributed by atoms with Crippen molar-refractivity contribution in [2.75, 3.05) is 44.2 Å². The van der Waals surface area contributed by atoms with Crippen molar-refractivity contribution < 1.29 is 5.11 Å². The van der Waals surface area contributed by atoms with Gasteiger partial charge in [0.1, 0.15) is 0 Å². The minimum atomic E-state index is -0.396. The van der Waals surface area contributed by atoms with Gasteiger partial charge in [-0.2, -0.15) is 0 Å². The minimum absolute atomic E-state index is 0.345. The molecule has 1 unspecified atom stereocenters. The highest BCUT2D eigenvalue weighted by atomic mass is 16.3. The van der Waals surface area contributed by atoms with Crippen molar-refractivity contribution in [2.24, 2.45) is 5.73 Å². The Bertz CT molecular complexity index is 414. The van der Waals surface area contributed by atoms with Gasteiger partial charge in [-0.1, -0.05) is 17.7 Å². The van der Waals surface area contributed by atoms with Crippen LogP contribution in [0.1, 0.15) is 11.1 Å². The summed E-state index contributed by atoms with van der Waals surface area (Å²) in [6.45, 7) is 9.35. The lowest BCUT2D eigenvalue weighted by molar-refractivity contribution is 0.115. The second-order valence-corrected chi connectivity index (χ2v) is 5.47. The molecule has 0 aromatic heterocycles. The van der Waals surface area contributed by atoms with E-state index in [0.29, 0.717) is 13.1 Å². The van der Waals surface area contributed by atoms with Crippen LogP contribution in [0, 0.1) is 13.8 Å². The lowest BCUT2D eigenvalue weighted by Crippen LogP contribution is -2.49. The Balaban J connectivity index is 1.92. The number of β-amino-alcohol motifs (C(OH)–C–C–N with tert-alkyl or cyclic N) is 1. The molecule has 3 N–H and O–H groups in total. The predicted molar refractivity (Wildman–Crippen MR) is 79.6 cm³/mol. The van der Waals surface area contributed by atoms with Crippen LogP contribution in [0.5, 0.6) is 0 Å². The van der Waals surface area contributed by atoms with Crippen LogP contribution < -0.4 is 10.6 Å². The fourth-order valence-corrected chi connectivity index (χ4v) is 2.70. The average Bonchev–Trinajstić information content (AvgIpc) is 2.40. The second-order valence-electron chi connectivity index (χ2n) is 5.47. The van der Waals surface area contributed by atoms with Crippen LogP contribution in [-0.4, -0.2) is 55.4 Å². The molecule has 1 saturated heterocycles. The number of rotatable bonds is 4. The molecule has 1 aliphatic heterocycles. The van der Waals surface area contributed by atoms with E-state index in [1.54, 1.807) is 0 Å². The van der Waals surface area contributed by atoms with Crippen LogP contribution in [0.25, 0.3) is 0 Å². The van der Waals surface area contributed by atoms with Gasteiger partial charge in [-0.3, -0.25) is 4.90 Å². The molecule has 1 heterocycles. The molecule has 4 heteroatoms. The quantitative estimate of drug-likeness (QED) is 0.841. The zero-order valence-corrected chi connectivity index (χ0v) is 12.0. The maximum absolute atomic E-state index is 9.59. The Hall–Kier alpha value is -1.10. The van der Waals surface area contributed by atoms with Gasteiger partial charge in [-0.15, -0.1) is 0 Å². The van der Waals surface area contributed by atoms with Crippen LogP contribution >= 0.6 is 0 Å². The standard InChI is InChI=1S/C15H25N3O/c1-12-3-4-15(13(2)9-12)18-7-5-17(6-8-18)11-14(19)10-16/h3-4,9,14,19H,5-8,10-11,16H2,1-2H3. The lowest BCUT2D eigenvalue weighted by atomic mass is 10.1. The molecule has 1 aromatic carbocycles. The number of aliphatic hydroxyl groups excluding tert-OH is 1. The lowest BCUT2D eigenvalue weighted by Gasteiger charge is -2.37. The molecule has 1 aromatic rings. The highest BCUT2D eigenvalue weighted by molar-refractivity contribution is 5.54. The highest BCUT2D eigenvalue weighted by Crippen LogP contribution is 2.22. The number of hydrogen-bond donors (Lipinski definition) is 2. The first-order chi connectivity index (χ1) is 9.10. The first-order valence-electron chi connectivity index (χ1n) is 7.03. The van der Waals surface area contributed by atoms with Crippen LogP contribution in [0.4, 0.5) is 5.69 Å². The Morgan fingerprint density at radius 1 is 1.21 bits per heavy atom. The molecule has 0 amide bonds. The Kier molecular flexibility index (Phi) is 4.80. The van der Waals surface area contributed by atoms with Gasteiger partial charge >= 0.3 is 0 Å². The molecule has 0 aliphatic carbocycles. The van der Waals surface area contributed by atoms with Crippen molar-refractivity contribution in [1.29, 1.82) is 0 Å². The van der Waals surface area contributed by atoms with E-state index >= 15 is 0 Å². The van der Waals surface area contributed by atoms with Crippen molar-refractivity contribution in [2.45, 2.75) is 20.0 Å². The van der Waals surface area contributed by atoms with Crippen LogP contribution in [0.15, 0.2) is 18.2 Å². The maximum Gasteiger partial charge on any atom is 0.0789 e. The minimum Gasteiger partial charge on any atom is -0.390 e. The topological polar surface area (TPSA) is 52.7 Å². The van der Waals surface area contributed by atoms with E-state index in [1.165, 1.54) is 16.8 Å². The molecule has 2 rings (SSSR count). The van der Waals surface area contributed by atoms with Crippen molar-refractivity contribution in [3.8, 4) is 0 Å². The summed E-state index contributed by atoms with van der Waals surface area (Å²) in [7, 11) is 0. The van der Waals surface area contributed by atoms with E-state index in [9.17, 15) is 5.11 Å². The van der Waals surface area contributed by atoms with Crippen molar-refractivity contribution in [3.05, 3.63) is 29.3 Å². The summed E-state index contributed by atoms with van der Waals surface area (Å²) in [5, 5.41) is 9.59. The largest absolute Gasteiger partial charge is 0.390 e. The predicted octanol–water partition coefficient (Wildman–Crippen LogP) is 0.745. The summed E-state index contributed by atoms with van der Waals surface area (Å²) in [6, 6.07) is 6.63. The normalized spacial score (nSPS) is 18.6. The summed E-state index contributed by atoms with van der Waals surface area (Å²) >= 11 is 0. The number of nitrogens with zero attached hydrogens (tertiary/aromatic N) is 2. The summed E-state index contributed by atoms with van der Waals surface area (Å²) < 4.78 is 0. The summed E-state index contributed by atoms with van der Waals surface area (Å²) in [5.41, 5.74) is 9.45. The van der Waals surface area contributed by atoms with Gasteiger partial charge in [0.15, 0.2) is 0 Å². The first-order valence-corrected chi connectivity index (χ1v) is 7.03. The van der Waals surface area contributed by atoms with Gasteiger partial charge in [0.2, 0.25) is 0 Å². The van der Waals surface area contributed by atoms with Gasteiger partial charge in [0.25, 0.3) is 0 Å². The van der Waals surface area contributed by atoms with E-state index in [4.69, 9.17) is 5.73 Å². The third-order valence-corrected chi connectivity index (χ3v) is 3.81. The number of nitrogens with two attached hydrogens (primary N) is 1. The molecule has 0 radical (unpaired) electrons. The zero-order chi connectivity index (χ0) is 13.8. The molecule has 1 atom stereocenters. The molecule has 1 fully saturated rings. The van der Waals surface area contributed by atoms with Gasteiger partial charge in [0, 0.05) is 45.0 Å². The third kappa shape index (κ3) is 3.69. The molecule has 0 spiro atoms. The number of piperazine rings is 1. The zero-order valence-electron chi connectivity index (χ0n) is 12.0. The Morgan fingerprint density at radius 2 is 1.89 bits per heavy atom. The maximum atomic E-state index is 9.59. The molecule has 0 saturated carbocycles. The van der Waals surface area contributed by atoms with Gasteiger partial charge in [-0.05, 0) is 25.5 Å². The molecular weight excluding hydrogens is 238 g/mol. The van der Waals surface area contributed by atoms with E-state index in [0.717, 1.165) is 26.2 Å². The SMILES string of the molecule is Cc1ccc(N2CCN(CC(O)CN)CC2)c(C)c1. The van der Waals surface area contributed by atoms with E-state index in [-0.39, 0.29) is 0 Å². The van der Waals surface area contributed by atoms with E-state index < -0.39 is 6.10 Å². The summed E-state index contributed by atoms with van der Waals surface area (Å²) in [5.74, 6) is 0. The molecular formula is C15H25N3O. The highest BCUT2D eigenvalue weighted by Gasteiger charge is 2.19. The number of hydrogen-bond acceptors (Lipinski definition) is 4. The molecule has 19 heavy (non-hydrogen) atoms. The van der Waals surface area contributed by atoms with Crippen molar-refractivity contribution in [1.82, 2.24) is 4.90 Å². The Labute approximate surface area is 115 Å². The number of benzene rings is 1. The monoisotopic (exact) mass is 263 g/mol. The van der Waals surface area contributed by atoms with Crippen LogP contribution in [0.2, 0.25) is 0 Å². The van der Waals surface area contributed by atoms with E-state index in [1.807, 2.05) is 0 Å².